The number of aromatic amines is 1. The molecular formula is C33H39FN6O4Si. The summed E-state index contributed by atoms with van der Waals surface area (Å²) in [6, 6.07) is 13.2. The Morgan fingerprint density at radius 3 is 2.84 bits per heavy atom. The van der Waals surface area contributed by atoms with Gasteiger partial charge in [0.15, 0.2) is 5.60 Å². The monoisotopic (exact) mass is 630 g/mol. The second-order valence-electron chi connectivity index (χ2n) is 12.5. The van der Waals surface area contributed by atoms with Crippen LogP contribution in [0.1, 0.15) is 30.2 Å². The van der Waals surface area contributed by atoms with Crippen molar-refractivity contribution >= 4 is 42.5 Å². The third-order valence-electron chi connectivity index (χ3n) is 9.18. The summed E-state index contributed by atoms with van der Waals surface area (Å²) in [4.78, 5) is 32.4. The number of anilines is 2. The third-order valence-corrected chi connectivity index (χ3v) is 11.6. The summed E-state index contributed by atoms with van der Waals surface area (Å²) in [6.45, 7) is 9.77. The Hall–Kier alpha value is -4.13. The fraction of sp³-hybridized carbons (Fsp3) is 0.394. The highest BCUT2D eigenvalue weighted by atomic mass is 28.4. The van der Waals surface area contributed by atoms with Crippen LogP contribution in [0.25, 0.3) is 10.9 Å². The quantitative estimate of drug-likeness (QED) is 0.123. The molecule has 2 aliphatic rings. The lowest BCUT2D eigenvalue weighted by Crippen LogP contribution is -2.45. The number of H-pyrrole nitrogens is 1. The topological polar surface area (TPSA) is 125 Å². The van der Waals surface area contributed by atoms with Crippen LogP contribution in [0.5, 0.6) is 0 Å². The highest BCUT2D eigenvalue weighted by Crippen LogP contribution is 2.60. The maximum atomic E-state index is 16.1. The summed E-state index contributed by atoms with van der Waals surface area (Å²) in [7, 11) is -3.35. The molecule has 0 saturated carbocycles. The van der Waals surface area contributed by atoms with E-state index in [-0.39, 0.29) is 31.4 Å². The normalized spacial score (nSPS) is 22.8. The van der Waals surface area contributed by atoms with Gasteiger partial charge in [0.05, 0.1) is 23.9 Å². The number of halogens is 1. The number of aromatic nitrogens is 4. The number of hydrogen-bond acceptors (Lipinski definition) is 6. The highest BCUT2D eigenvalue weighted by molar-refractivity contribution is 6.72. The molecule has 1 saturated heterocycles. The Balaban J connectivity index is 1.31. The smallest absolute Gasteiger partial charge is 0.264 e. The Labute approximate surface area is 262 Å². The van der Waals surface area contributed by atoms with E-state index in [9.17, 15) is 14.7 Å². The van der Waals surface area contributed by atoms with E-state index in [2.05, 4.69) is 27.2 Å². The lowest BCUT2D eigenvalue weighted by Gasteiger charge is -2.31. The molecular weight excluding hydrogens is 591 g/mol. The Kier molecular flexibility index (Phi) is 8.23. The van der Waals surface area contributed by atoms with Gasteiger partial charge in [-0.15, -0.1) is 11.7 Å². The van der Waals surface area contributed by atoms with Crippen molar-refractivity contribution in [3.05, 3.63) is 84.3 Å². The molecule has 45 heavy (non-hydrogen) atoms. The van der Waals surface area contributed by atoms with E-state index >= 15 is 4.11 Å². The van der Waals surface area contributed by atoms with Crippen LogP contribution in [0.3, 0.4) is 0 Å². The van der Waals surface area contributed by atoms with Gasteiger partial charge in [0.25, 0.3) is 5.91 Å². The number of rotatable bonds is 11. The number of carbonyl (C=O) groups is 2. The van der Waals surface area contributed by atoms with Crippen molar-refractivity contribution in [1.29, 1.82) is 0 Å². The average molecular weight is 631 g/mol. The number of carbonyl (C=O) groups excluding carboxylic acids is 2. The van der Waals surface area contributed by atoms with E-state index in [4.69, 9.17) is 4.74 Å². The molecule has 3 N–H and O–H groups in total. The molecule has 6 rings (SSSR count). The summed E-state index contributed by atoms with van der Waals surface area (Å²) < 4.78 is 24.6. The van der Waals surface area contributed by atoms with Crippen molar-refractivity contribution in [2.75, 3.05) is 23.4 Å². The van der Waals surface area contributed by atoms with Gasteiger partial charge in [0.1, 0.15) is 0 Å². The average Bonchev–Trinajstić information content (AvgIpc) is 3.74. The number of aliphatic hydroxyl groups is 1. The van der Waals surface area contributed by atoms with Crippen molar-refractivity contribution in [3.63, 3.8) is 0 Å². The van der Waals surface area contributed by atoms with Gasteiger partial charge in [-0.3, -0.25) is 14.3 Å². The van der Waals surface area contributed by atoms with E-state index in [1.807, 2.05) is 49.5 Å². The second-order valence-corrected chi connectivity index (χ2v) is 16.3. The van der Waals surface area contributed by atoms with Crippen molar-refractivity contribution in [2.24, 2.45) is 5.92 Å². The predicted octanol–water partition coefficient (Wildman–Crippen LogP) is 4.87. The molecule has 0 unspecified atom stereocenters. The Bertz CT molecular complexity index is 1750. The summed E-state index contributed by atoms with van der Waals surface area (Å²) in [5, 5.41) is 21.5. The van der Waals surface area contributed by atoms with E-state index in [1.54, 1.807) is 41.0 Å². The minimum atomic E-state index is -3.35. The highest BCUT2D eigenvalue weighted by Gasteiger charge is 2.66. The van der Waals surface area contributed by atoms with Gasteiger partial charge in [-0.2, -0.15) is 0 Å². The molecule has 4 aromatic rings. The molecule has 0 aliphatic carbocycles. The molecule has 4 heterocycles. The largest absolute Gasteiger partial charge is 0.396 e. The molecule has 2 amide bonds. The van der Waals surface area contributed by atoms with Crippen LogP contribution in [0.15, 0.2) is 67.5 Å². The minimum absolute atomic E-state index is 0.0254. The lowest BCUT2D eigenvalue weighted by atomic mass is 9.82. The Morgan fingerprint density at radius 2 is 2.09 bits per heavy atom. The maximum Gasteiger partial charge on any atom is 0.264 e. The number of fused-ring (bicyclic) bond motifs is 3. The van der Waals surface area contributed by atoms with Gasteiger partial charge in [0, 0.05) is 72.1 Å². The zero-order chi connectivity index (χ0) is 31.9. The number of hydrogen-bond donors (Lipinski definition) is 3. The molecule has 1 fully saturated rings. The number of ether oxygens (including phenoxy) is 1. The molecule has 236 valence electrons. The number of para-hydroxylation sites is 1. The van der Waals surface area contributed by atoms with Crippen LogP contribution >= 0.6 is 0 Å². The van der Waals surface area contributed by atoms with Gasteiger partial charge in [-0.25, -0.2) is 0 Å². The van der Waals surface area contributed by atoms with Crippen LogP contribution in [0.4, 0.5) is 15.5 Å². The third kappa shape index (κ3) is 5.51. The number of benzene rings is 2. The maximum absolute atomic E-state index is 16.1. The summed E-state index contributed by atoms with van der Waals surface area (Å²) in [6.07, 6.45) is 5.74. The van der Waals surface area contributed by atoms with Crippen molar-refractivity contribution in [1.82, 2.24) is 20.0 Å². The molecule has 4 atom stereocenters. The number of nitrogens with one attached hydrogen (secondary N) is 2. The number of nitrogens with zero attached hydrogens (tertiary/aromatic N) is 4. The van der Waals surface area contributed by atoms with Crippen LogP contribution in [-0.4, -0.2) is 64.6 Å². The summed E-state index contributed by atoms with van der Waals surface area (Å²) in [5.41, 5.74) is 2.48. The van der Waals surface area contributed by atoms with Crippen LogP contribution in [0.2, 0.25) is 18.6 Å². The van der Waals surface area contributed by atoms with Gasteiger partial charge >= 0.3 is 0 Å². The molecule has 2 aromatic carbocycles. The molecule has 10 nitrogen and oxygen atoms in total. The standard InChI is InChI=1S/C33H39FN6O4Si/c1-5-14-40-28-11-10-23(36-30(42)17-22-19-35-27-9-7-6-8-25(22)27)18-26(28)33(32(40)43)21(2)31(45(3,4)34)29(44-33)12-15-39-20-24(13-16-41)37-38-39/h5-11,18-21,29,31,35,41H,1,12-17H2,2-4H3,(H,36,42)/t21-,29+,31-,33+/m1/s1. The van der Waals surface area contributed by atoms with Gasteiger partial charge in [0.2, 0.25) is 14.3 Å². The molecule has 2 aromatic heterocycles. The number of aryl methyl sites for hydroxylation is 1. The molecule has 0 radical (unpaired) electrons. The summed E-state index contributed by atoms with van der Waals surface area (Å²) >= 11 is 0. The SMILES string of the molecule is C=CCN1C(=O)[C@@]2(O[C@@H](CCn3cc(CCO)nn3)[C@H]([Si](C)(C)F)[C@H]2C)c2cc(NC(=O)Cc3c[nH]c4ccccc34)ccc21. The van der Waals surface area contributed by atoms with E-state index in [1.165, 1.54) is 0 Å². The number of amides is 2. The van der Waals surface area contributed by atoms with Crippen molar-refractivity contribution in [2.45, 2.75) is 63.1 Å². The molecule has 1 spiro atoms. The summed E-state index contributed by atoms with van der Waals surface area (Å²) in [5.74, 6) is -0.903. The minimum Gasteiger partial charge on any atom is -0.396 e. The van der Waals surface area contributed by atoms with Gasteiger partial charge in [-0.1, -0.05) is 36.4 Å². The molecule has 12 heteroatoms. The predicted molar refractivity (Wildman–Crippen MR) is 173 cm³/mol. The van der Waals surface area contributed by atoms with E-state index in [0.717, 1.165) is 16.5 Å². The zero-order valence-electron chi connectivity index (χ0n) is 25.8. The fourth-order valence-corrected chi connectivity index (χ4v) is 9.84. The fourth-order valence-electron chi connectivity index (χ4n) is 7.30. The van der Waals surface area contributed by atoms with Gasteiger partial charge in [-0.05, 0) is 49.3 Å². The number of aliphatic hydroxyl groups excluding tert-OH is 1. The first-order valence-corrected chi connectivity index (χ1v) is 18.3. The zero-order valence-corrected chi connectivity index (χ0v) is 26.8. The first kappa shape index (κ1) is 30.9. The van der Waals surface area contributed by atoms with Crippen LogP contribution in [-0.2, 0) is 39.3 Å². The van der Waals surface area contributed by atoms with Crippen LogP contribution < -0.4 is 10.2 Å². The van der Waals surface area contributed by atoms with Crippen LogP contribution in [0, 0.1) is 5.92 Å². The second kappa shape index (κ2) is 12.0. The van der Waals surface area contributed by atoms with E-state index in [0.29, 0.717) is 42.0 Å². The van der Waals surface area contributed by atoms with E-state index < -0.39 is 31.6 Å². The lowest BCUT2D eigenvalue weighted by molar-refractivity contribution is -0.145. The Morgan fingerprint density at radius 1 is 1.29 bits per heavy atom. The van der Waals surface area contributed by atoms with Crippen molar-refractivity contribution in [3.8, 4) is 0 Å². The molecule has 0 bridgehead atoms. The molecule has 2 aliphatic heterocycles. The first-order valence-electron chi connectivity index (χ1n) is 15.4. The van der Waals surface area contributed by atoms with Gasteiger partial charge < -0.3 is 29.2 Å². The first-order chi connectivity index (χ1) is 21.6. The van der Waals surface area contributed by atoms with Crippen molar-refractivity contribution < 1.29 is 23.5 Å².